The zero-order valence-electron chi connectivity index (χ0n) is 16.8. The molecule has 0 saturated carbocycles. The number of aromatic nitrogens is 2. The number of ether oxygens (including phenoxy) is 1. The lowest BCUT2D eigenvalue weighted by atomic mass is 9.96. The van der Waals surface area contributed by atoms with E-state index in [-0.39, 0.29) is 0 Å². The van der Waals surface area contributed by atoms with Gasteiger partial charge in [-0.05, 0) is 42.7 Å². The molecule has 0 aliphatic carbocycles. The molecule has 0 fully saturated rings. The topological polar surface area (TPSA) is 37.9 Å². The summed E-state index contributed by atoms with van der Waals surface area (Å²) in [4.78, 5) is 8.54. The highest BCUT2D eigenvalue weighted by Gasteiger charge is 2.18. The number of methoxy groups -OCH3 is 1. The van der Waals surface area contributed by atoms with Crippen LogP contribution in [-0.2, 0) is 0 Å². The lowest BCUT2D eigenvalue weighted by Gasteiger charge is -2.14. The van der Waals surface area contributed by atoms with Gasteiger partial charge in [0.15, 0.2) is 5.75 Å². The fourth-order valence-corrected chi connectivity index (χ4v) is 4.05. The molecule has 0 bridgehead atoms. The number of nitrogens with zero attached hydrogens (tertiary/aromatic N) is 1. The van der Waals surface area contributed by atoms with Crippen molar-refractivity contribution in [2.24, 2.45) is 0 Å². The van der Waals surface area contributed by atoms with Crippen molar-refractivity contribution in [3.05, 3.63) is 84.1 Å². The summed E-state index contributed by atoms with van der Waals surface area (Å²) in [6.07, 6.45) is 0. The first-order valence-corrected chi connectivity index (χ1v) is 9.79. The molecule has 0 aliphatic heterocycles. The molecular weight excluding hydrogens is 356 g/mol. The molecule has 2 heterocycles. The van der Waals surface area contributed by atoms with Crippen molar-refractivity contribution in [3.8, 4) is 28.1 Å². The van der Waals surface area contributed by atoms with E-state index >= 15 is 0 Å². The second kappa shape index (κ2) is 6.78. The number of H-pyrrole nitrogens is 1. The molecule has 29 heavy (non-hydrogen) atoms. The van der Waals surface area contributed by atoms with Crippen LogP contribution in [0.1, 0.15) is 11.3 Å². The summed E-state index contributed by atoms with van der Waals surface area (Å²) in [5.41, 5.74) is 8.64. The molecule has 5 aromatic rings. The largest absolute Gasteiger partial charge is 0.492 e. The third-order valence-electron chi connectivity index (χ3n) is 5.70. The van der Waals surface area contributed by atoms with Crippen LogP contribution in [0.25, 0.3) is 44.2 Å². The Morgan fingerprint density at radius 3 is 2.10 bits per heavy atom. The van der Waals surface area contributed by atoms with Crippen molar-refractivity contribution in [3.63, 3.8) is 0 Å². The average Bonchev–Trinajstić information content (AvgIpc) is 3.06. The van der Waals surface area contributed by atoms with E-state index in [1.165, 1.54) is 16.5 Å². The number of benzene rings is 3. The summed E-state index contributed by atoms with van der Waals surface area (Å²) >= 11 is 0. The summed E-state index contributed by atoms with van der Waals surface area (Å²) in [5.74, 6) is 0.795. The lowest BCUT2D eigenvalue weighted by molar-refractivity contribution is 0.423. The van der Waals surface area contributed by atoms with E-state index in [1.807, 2.05) is 24.3 Å². The van der Waals surface area contributed by atoms with Crippen LogP contribution in [0.2, 0.25) is 0 Å². The second-order valence-corrected chi connectivity index (χ2v) is 7.39. The minimum absolute atomic E-state index is 0.795. The van der Waals surface area contributed by atoms with Gasteiger partial charge in [-0.25, -0.2) is 4.98 Å². The van der Waals surface area contributed by atoms with Crippen LogP contribution in [0.5, 0.6) is 5.75 Å². The van der Waals surface area contributed by atoms with Crippen molar-refractivity contribution in [1.82, 2.24) is 9.97 Å². The van der Waals surface area contributed by atoms with Gasteiger partial charge >= 0.3 is 0 Å². The molecule has 0 saturated heterocycles. The Bertz CT molecular complexity index is 1340. The van der Waals surface area contributed by atoms with Crippen LogP contribution in [0.15, 0.2) is 72.8 Å². The molecule has 3 nitrogen and oxygen atoms in total. The molecule has 0 amide bonds. The zero-order valence-corrected chi connectivity index (χ0v) is 16.8. The fraction of sp³-hybridized carbons (Fsp3) is 0.115. The Balaban J connectivity index is 1.95. The third-order valence-corrected chi connectivity index (χ3v) is 5.70. The first-order chi connectivity index (χ1) is 14.2. The molecule has 142 valence electrons. The second-order valence-electron chi connectivity index (χ2n) is 7.39. The maximum absolute atomic E-state index is 5.90. The Hall–Kier alpha value is -3.59. The molecule has 0 atom stereocenters. The molecule has 0 spiro atoms. The van der Waals surface area contributed by atoms with E-state index in [4.69, 9.17) is 9.72 Å². The van der Waals surface area contributed by atoms with Gasteiger partial charge in [0.05, 0.1) is 18.3 Å². The molecule has 2 aromatic heterocycles. The number of fused-ring (bicyclic) bond motifs is 2. The van der Waals surface area contributed by atoms with Gasteiger partial charge in [0.2, 0.25) is 0 Å². The number of nitrogens with one attached hydrogen (secondary N) is 1. The standard InChI is InChI=1S/C26H22N2O/c1-16-17(2)27-24-20(16)14-22-21(18-10-6-4-7-11-18)15-23(19-12-8-5-9-13-19)28-25(22)26(24)29-3/h4-15,27H,1-3H3. The van der Waals surface area contributed by atoms with Crippen molar-refractivity contribution >= 4 is 21.8 Å². The minimum atomic E-state index is 0.795. The Morgan fingerprint density at radius 2 is 1.45 bits per heavy atom. The molecule has 0 aliphatic rings. The molecule has 0 unspecified atom stereocenters. The number of aryl methyl sites for hydroxylation is 2. The van der Waals surface area contributed by atoms with Gasteiger partial charge in [-0.2, -0.15) is 0 Å². The van der Waals surface area contributed by atoms with Gasteiger partial charge in [-0.15, -0.1) is 0 Å². The molecule has 3 aromatic carbocycles. The Kier molecular flexibility index (Phi) is 4.09. The van der Waals surface area contributed by atoms with Crippen LogP contribution >= 0.6 is 0 Å². The van der Waals surface area contributed by atoms with Gasteiger partial charge in [0.25, 0.3) is 0 Å². The van der Waals surface area contributed by atoms with E-state index in [0.717, 1.165) is 44.7 Å². The number of pyridine rings is 1. The average molecular weight is 378 g/mol. The first-order valence-electron chi connectivity index (χ1n) is 9.79. The summed E-state index contributed by atoms with van der Waals surface area (Å²) in [7, 11) is 1.72. The van der Waals surface area contributed by atoms with E-state index in [9.17, 15) is 0 Å². The summed E-state index contributed by atoms with van der Waals surface area (Å²) in [6, 6.07) is 25.2. The molecule has 3 heteroatoms. The van der Waals surface area contributed by atoms with Gasteiger partial charge in [-0.3, -0.25) is 0 Å². The van der Waals surface area contributed by atoms with Crippen LogP contribution < -0.4 is 4.74 Å². The van der Waals surface area contributed by atoms with Crippen LogP contribution in [0.3, 0.4) is 0 Å². The van der Waals surface area contributed by atoms with Crippen LogP contribution in [0.4, 0.5) is 0 Å². The Labute approximate surface area is 170 Å². The van der Waals surface area contributed by atoms with E-state index in [2.05, 4.69) is 67.4 Å². The minimum Gasteiger partial charge on any atom is -0.492 e. The van der Waals surface area contributed by atoms with Crippen LogP contribution in [0, 0.1) is 13.8 Å². The predicted octanol–water partition coefficient (Wildman–Crippen LogP) is 6.68. The summed E-state index contributed by atoms with van der Waals surface area (Å²) in [6.45, 7) is 4.24. The normalized spacial score (nSPS) is 11.3. The highest BCUT2D eigenvalue weighted by molar-refractivity contribution is 6.09. The predicted molar refractivity (Wildman–Crippen MR) is 120 cm³/mol. The number of hydrogen-bond donors (Lipinski definition) is 1. The SMILES string of the molecule is COc1c2nc(-c3ccccc3)cc(-c3ccccc3)c2cc2c(C)c(C)[nH]c12. The van der Waals surface area contributed by atoms with E-state index < -0.39 is 0 Å². The fourth-order valence-electron chi connectivity index (χ4n) is 4.05. The first kappa shape index (κ1) is 17.5. The number of rotatable bonds is 3. The molecule has 5 rings (SSSR count). The van der Waals surface area contributed by atoms with Gasteiger partial charge < -0.3 is 9.72 Å². The molecule has 0 radical (unpaired) electrons. The maximum Gasteiger partial charge on any atom is 0.169 e. The van der Waals surface area contributed by atoms with Gasteiger partial charge in [0, 0.05) is 22.0 Å². The smallest absolute Gasteiger partial charge is 0.169 e. The number of hydrogen-bond acceptors (Lipinski definition) is 2. The molecular formula is C26H22N2O. The maximum atomic E-state index is 5.90. The van der Waals surface area contributed by atoms with E-state index in [1.54, 1.807) is 7.11 Å². The highest BCUT2D eigenvalue weighted by atomic mass is 16.5. The van der Waals surface area contributed by atoms with Crippen LogP contribution in [-0.4, -0.2) is 17.1 Å². The number of aromatic amines is 1. The summed E-state index contributed by atoms with van der Waals surface area (Å²) in [5, 5.41) is 2.28. The van der Waals surface area contributed by atoms with Crippen molar-refractivity contribution in [2.45, 2.75) is 13.8 Å². The quantitative estimate of drug-likeness (QED) is 0.380. The summed E-state index contributed by atoms with van der Waals surface area (Å²) < 4.78 is 5.90. The molecule has 1 N–H and O–H groups in total. The third kappa shape index (κ3) is 2.78. The zero-order chi connectivity index (χ0) is 20.0. The van der Waals surface area contributed by atoms with Crippen molar-refractivity contribution in [2.75, 3.05) is 7.11 Å². The van der Waals surface area contributed by atoms with Gasteiger partial charge in [0.1, 0.15) is 5.52 Å². The monoisotopic (exact) mass is 378 g/mol. The van der Waals surface area contributed by atoms with Crippen molar-refractivity contribution in [1.29, 1.82) is 0 Å². The van der Waals surface area contributed by atoms with Crippen molar-refractivity contribution < 1.29 is 4.74 Å². The van der Waals surface area contributed by atoms with Gasteiger partial charge in [-0.1, -0.05) is 60.7 Å². The lowest BCUT2D eigenvalue weighted by Crippen LogP contribution is -1.94. The Morgan fingerprint density at radius 1 is 0.793 bits per heavy atom. The highest BCUT2D eigenvalue weighted by Crippen LogP contribution is 2.41. The van der Waals surface area contributed by atoms with E-state index in [0.29, 0.717) is 0 Å².